The van der Waals surface area contributed by atoms with Gasteiger partial charge in [-0.2, -0.15) is 0 Å². The van der Waals surface area contributed by atoms with E-state index in [2.05, 4.69) is 0 Å². The second kappa shape index (κ2) is 6.58. The maximum Gasteiger partial charge on any atom is 0.0534 e. The summed E-state index contributed by atoms with van der Waals surface area (Å²) in [5, 5.41) is 17.7. The summed E-state index contributed by atoms with van der Waals surface area (Å²) < 4.78 is 5.14. The number of hydrogen-bond donors (Lipinski definition) is 2. The minimum atomic E-state index is -0.290. The van der Waals surface area contributed by atoms with Crippen LogP contribution in [0.25, 0.3) is 0 Å². The first-order valence-corrected chi connectivity index (χ1v) is 4.06. The zero-order valence-corrected chi connectivity index (χ0v) is 7.29. The molecule has 0 aliphatic heterocycles. The maximum atomic E-state index is 8.83. The number of hydrogen-bond acceptors (Lipinski definition) is 3. The molecule has 0 aromatic carbocycles. The molecule has 0 rings (SSSR count). The van der Waals surface area contributed by atoms with Crippen LogP contribution in [-0.4, -0.2) is 35.6 Å². The number of aliphatic hydroxyl groups excluding tert-OH is 2. The first-order chi connectivity index (χ1) is 5.13. The fraction of sp³-hybridized carbons (Fsp3) is 1.00. The van der Waals surface area contributed by atoms with E-state index in [1.54, 1.807) is 13.8 Å². The minimum absolute atomic E-state index is 0.290. The molecule has 2 atom stereocenters. The molecule has 0 aliphatic carbocycles. The highest BCUT2D eigenvalue weighted by Gasteiger charge is 1.97. The van der Waals surface area contributed by atoms with Crippen molar-refractivity contribution >= 4 is 0 Å². The van der Waals surface area contributed by atoms with Gasteiger partial charge in [0, 0.05) is 13.2 Å². The SMILES string of the molecule is C[C@H](O)CCOCC[C@H](C)O. The molecule has 11 heavy (non-hydrogen) atoms. The largest absolute Gasteiger partial charge is 0.393 e. The summed E-state index contributed by atoms with van der Waals surface area (Å²) in [6.07, 6.45) is 0.752. The molecule has 0 saturated carbocycles. The van der Waals surface area contributed by atoms with Crippen LogP contribution in [0.1, 0.15) is 26.7 Å². The van der Waals surface area contributed by atoms with Crippen molar-refractivity contribution in [2.24, 2.45) is 0 Å². The molecular weight excluding hydrogens is 144 g/mol. The van der Waals surface area contributed by atoms with Gasteiger partial charge in [-0.15, -0.1) is 0 Å². The Hall–Kier alpha value is -0.120. The summed E-state index contributed by atoms with van der Waals surface area (Å²) in [5.74, 6) is 0. The molecule has 0 aromatic heterocycles. The maximum absolute atomic E-state index is 8.83. The fourth-order valence-corrected chi connectivity index (χ4v) is 0.610. The molecule has 0 heterocycles. The van der Waals surface area contributed by atoms with Crippen LogP contribution in [0.2, 0.25) is 0 Å². The Labute approximate surface area is 68.0 Å². The number of rotatable bonds is 6. The van der Waals surface area contributed by atoms with Gasteiger partial charge in [0.2, 0.25) is 0 Å². The molecule has 0 amide bonds. The molecule has 0 bridgehead atoms. The molecule has 0 saturated heterocycles. The Bertz CT molecular complexity index is 71.4. The Morgan fingerprint density at radius 1 is 1.00 bits per heavy atom. The Kier molecular flexibility index (Phi) is 6.51. The van der Waals surface area contributed by atoms with E-state index >= 15 is 0 Å². The molecule has 0 spiro atoms. The third-order valence-corrected chi connectivity index (χ3v) is 1.36. The Morgan fingerprint density at radius 2 is 1.36 bits per heavy atom. The van der Waals surface area contributed by atoms with Gasteiger partial charge in [0.05, 0.1) is 12.2 Å². The van der Waals surface area contributed by atoms with Gasteiger partial charge in [0.1, 0.15) is 0 Å². The average molecular weight is 162 g/mol. The number of ether oxygens (including phenoxy) is 1. The normalized spacial score (nSPS) is 16.4. The van der Waals surface area contributed by atoms with Gasteiger partial charge in [0.25, 0.3) is 0 Å². The molecule has 0 unspecified atom stereocenters. The van der Waals surface area contributed by atoms with Crippen LogP contribution >= 0.6 is 0 Å². The minimum Gasteiger partial charge on any atom is -0.393 e. The zero-order valence-electron chi connectivity index (χ0n) is 7.29. The second-order valence-corrected chi connectivity index (χ2v) is 2.89. The van der Waals surface area contributed by atoms with E-state index in [1.165, 1.54) is 0 Å². The number of aliphatic hydroxyl groups is 2. The van der Waals surface area contributed by atoms with Crippen molar-refractivity contribution in [2.75, 3.05) is 13.2 Å². The van der Waals surface area contributed by atoms with Crippen LogP contribution < -0.4 is 0 Å². The Morgan fingerprint density at radius 3 is 1.64 bits per heavy atom. The first kappa shape index (κ1) is 10.9. The summed E-state index contributed by atoms with van der Waals surface area (Å²) in [5.41, 5.74) is 0. The molecule has 3 nitrogen and oxygen atoms in total. The summed E-state index contributed by atoms with van der Waals surface area (Å²) in [6.45, 7) is 4.62. The van der Waals surface area contributed by atoms with E-state index in [-0.39, 0.29) is 12.2 Å². The smallest absolute Gasteiger partial charge is 0.0534 e. The van der Waals surface area contributed by atoms with Crippen molar-refractivity contribution in [2.45, 2.75) is 38.9 Å². The lowest BCUT2D eigenvalue weighted by Gasteiger charge is -2.06. The van der Waals surface area contributed by atoms with Crippen molar-refractivity contribution < 1.29 is 14.9 Å². The van der Waals surface area contributed by atoms with E-state index in [9.17, 15) is 0 Å². The van der Waals surface area contributed by atoms with Gasteiger partial charge >= 0.3 is 0 Å². The monoisotopic (exact) mass is 162 g/mol. The first-order valence-electron chi connectivity index (χ1n) is 4.06. The van der Waals surface area contributed by atoms with Crippen LogP contribution in [0, 0.1) is 0 Å². The lowest BCUT2D eigenvalue weighted by atomic mass is 10.3. The van der Waals surface area contributed by atoms with Gasteiger partial charge in [0.15, 0.2) is 0 Å². The fourth-order valence-electron chi connectivity index (χ4n) is 0.610. The third kappa shape index (κ3) is 9.88. The van der Waals surface area contributed by atoms with Gasteiger partial charge in [-0.1, -0.05) is 0 Å². The van der Waals surface area contributed by atoms with E-state index in [0.717, 1.165) is 0 Å². The summed E-state index contributed by atoms with van der Waals surface area (Å²) >= 11 is 0. The van der Waals surface area contributed by atoms with E-state index in [0.29, 0.717) is 26.1 Å². The zero-order chi connectivity index (χ0) is 8.69. The molecule has 2 N–H and O–H groups in total. The van der Waals surface area contributed by atoms with Crippen LogP contribution in [-0.2, 0) is 4.74 Å². The van der Waals surface area contributed by atoms with Gasteiger partial charge in [-0.3, -0.25) is 0 Å². The van der Waals surface area contributed by atoms with Gasteiger partial charge in [-0.25, -0.2) is 0 Å². The van der Waals surface area contributed by atoms with Crippen LogP contribution in [0.5, 0.6) is 0 Å². The predicted molar refractivity (Wildman–Crippen MR) is 43.4 cm³/mol. The van der Waals surface area contributed by atoms with Gasteiger partial charge in [-0.05, 0) is 26.7 Å². The van der Waals surface area contributed by atoms with Crippen molar-refractivity contribution in [3.05, 3.63) is 0 Å². The van der Waals surface area contributed by atoms with E-state index in [1.807, 2.05) is 0 Å². The highest BCUT2D eigenvalue weighted by Crippen LogP contribution is 1.93. The van der Waals surface area contributed by atoms with Crippen LogP contribution in [0.3, 0.4) is 0 Å². The summed E-state index contributed by atoms with van der Waals surface area (Å²) in [6, 6.07) is 0. The van der Waals surface area contributed by atoms with Crippen molar-refractivity contribution in [1.29, 1.82) is 0 Å². The molecule has 0 aliphatic rings. The average Bonchev–Trinajstić information content (AvgIpc) is 1.85. The highest BCUT2D eigenvalue weighted by atomic mass is 16.5. The quantitative estimate of drug-likeness (QED) is 0.561. The second-order valence-electron chi connectivity index (χ2n) is 2.89. The van der Waals surface area contributed by atoms with Gasteiger partial charge < -0.3 is 14.9 Å². The lowest BCUT2D eigenvalue weighted by molar-refractivity contribution is 0.0659. The standard InChI is InChI=1S/C8H18O3/c1-7(9)3-5-11-6-4-8(2)10/h7-10H,3-6H2,1-2H3/t7-,8-/m0/s1. The molecule has 68 valence electrons. The van der Waals surface area contributed by atoms with Crippen molar-refractivity contribution in [3.8, 4) is 0 Å². The lowest BCUT2D eigenvalue weighted by Crippen LogP contribution is -2.09. The molecule has 0 aromatic rings. The molecule has 3 heteroatoms. The van der Waals surface area contributed by atoms with Crippen molar-refractivity contribution in [1.82, 2.24) is 0 Å². The van der Waals surface area contributed by atoms with Crippen LogP contribution in [0.4, 0.5) is 0 Å². The Balaban J connectivity index is 2.91. The third-order valence-electron chi connectivity index (χ3n) is 1.36. The molecular formula is C8H18O3. The summed E-state index contributed by atoms with van der Waals surface area (Å²) in [7, 11) is 0. The molecule has 0 radical (unpaired) electrons. The van der Waals surface area contributed by atoms with Crippen LogP contribution in [0.15, 0.2) is 0 Å². The topological polar surface area (TPSA) is 49.7 Å². The predicted octanol–water partition coefficient (Wildman–Crippen LogP) is 0.545. The van der Waals surface area contributed by atoms with E-state index in [4.69, 9.17) is 14.9 Å². The van der Waals surface area contributed by atoms with Crippen molar-refractivity contribution in [3.63, 3.8) is 0 Å². The molecule has 0 fully saturated rings. The van der Waals surface area contributed by atoms with E-state index < -0.39 is 0 Å². The summed E-state index contributed by atoms with van der Waals surface area (Å²) in [4.78, 5) is 0. The highest BCUT2D eigenvalue weighted by molar-refractivity contribution is 4.47.